The van der Waals surface area contributed by atoms with Crippen LogP contribution in [0, 0.1) is 5.82 Å². The number of benzene rings is 1. The predicted octanol–water partition coefficient (Wildman–Crippen LogP) is 3.52. The van der Waals surface area contributed by atoms with Gasteiger partial charge in [0.05, 0.1) is 0 Å². The zero-order valence-corrected chi connectivity index (χ0v) is 14.4. The molecule has 3 heterocycles. The highest BCUT2D eigenvalue weighted by Gasteiger charge is 2.22. The molecule has 2 aromatic rings. The summed E-state index contributed by atoms with van der Waals surface area (Å²) in [7, 11) is 0. The second kappa shape index (κ2) is 7.44. The Bertz CT molecular complexity index is 698. The van der Waals surface area contributed by atoms with E-state index in [1.165, 1.54) is 11.8 Å². The van der Waals surface area contributed by atoms with E-state index in [0.717, 1.165) is 63.5 Å². The summed E-state index contributed by atoms with van der Waals surface area (Å²) in [6.07, 6.45) is 4.30. The maximum Gasteiger partial charge on any atom is 0.148 e. The van der Waals surface area contributed by atoms with Crippen molar-refractivity contribution in [3.8, 4) is 0 Å². The monoisotopic (exact) mass is 344 g/mol. The first-order chi connectivity index (χ1) is 12.3. The van der Waals surface area contributed by atoms with Crippen LogP contribution in [0.3, 0.4) is 0 Å². The summed E-state index contributed by atoms with van der Waals surface area (Å²) >= 11 is 0. The Labute approximate surface area is 147 Å². The molecular weight excluding hydrogens is 319 g/mol. The number of piperidine rings is 1. The lowest BCUT2D eigenvalue weighted by Crippen LogP contribution is -2.42. The summed E-state index contributed by atoms with van der Waals surface area (Å²) in [5, 5.41) is 11.2. The molecule has 2 saturated heterocycles. The molecule has 0 radical (unpaired) electrons. The zero-order chi connectivity index (χ0) is 17.1. The van der Waals surface area contributed by atoms with Crippen LogP contribution < -0.4 is 10.2 Å². The molecular formula is C19H25FN4O. The number of ether oxygens (including phenoxy) is 1. The Morgan fingerprint density at radius 2 is 2.08 bits per heavy atom. The van der Waals surface area contributed by atoms with E-state index < -0.39 is 0 Å². The molecule has 2 fully saturated rings. The predicted molar refractivity (Wildman–Crippen MR) is 96.6 cm³/mol. The maximum atomic E-state index is 13.5. The molecule has 5 nitrogen and oxygen atoms in total. The molecule has 25 heavy (non-hydrogen) atoms. The van der Waals surface area contributed by atoms with E-state index in [1.54, 1.807) is 12.1 Å². The van der Waals surface area contributed by atoms with Gasteiger partial charge < -0.3 is 15.0 Å². The standard InChI is InChI=1S/C19H25FN4O/c20-15-3-1-5-17(11-15)24-8-2-4-16(13-24)21-19-12-18(22-23-19)14-6-9-25-10-7-14/h1,3,5,11-12,14,16H,2,4,6-10,13H2,(H2,21,22,23)/t16-/m1/s1. The molecule has 0 amide bonds. The zero-order valence-electron chi connectivity index (χ0n) is 14.4. The number of hydrogen-bond donors (Lipinski definition) is 2. The lowest BCUT2D eigenvalue weighted by atomic mass is 9.97. The van der Waals surface area contributed by atoms with Crippen molar-refractivity contribution in [2.24, 2.45) is 0 Å². The van der Waals surface area contributed by atoms with Crippen LogP contribution in [0.4, 0.5) is 15.9 Å². The molecule has 6 heteroatoms. The second-order valence-electron chi connectivity index (χ2n) is 7.00. The van der Waals surface area contributed by atoms with Gasteiger partial charge in [0.2, 0.25) is 0 Å². The van der Waals surface area contributed by atoms with E-state index in [1.807, 2.05) is 6.07 Å². The number of halogens is 1. The van der Waals surface area contributed by atoms with Crippen molar-refractivity contribution >= 4 is 11.5 Å². The summed E-state index contributed by atoms with van der Waals surface area (Å²) < 4.78 is 18.9. The van der Waals surface area contributed by atoms with E-state index in [-0.39, 0.29) is 5.82 Å². The molecule has 0 aliphatic carbocycles. The number of H-pyrrole nitrogens is 1. The van der Waals surface area contributed by atoms with Gasteiger partial charge in [-0.15, -0.1) is 0 Å². The fraction of sp³-hybridized carbons (Fsp3) is 0.526. The third kappa shape index (κ3) is 3.95. The summed E-state index contributed by atoms with van der Waals surface area (Å²) in [6, 6.07) is 9.31. The van der Waals surface area contributed by atoms with Crippen LogP contribution in [0.2, 0.25) is 0 Å². The fourth-order valence-corrected chi connectivity index (χ4v) is 3.84. The van der Waals surface area contributed by atoms with Crippen molar-refractivity contribution in [3.63, 3.8) is 0 Å². The minimum absolute atomic E-state index is 0.180. The Morgan fingerprint density at radius 1 is 1.20 bits per heavy atom. The maximum absolute atomic E-state index is 13.5. The van der Waals surface area contributed by atoms with Gasteiger partial charge in [-0.05, 0) is 43.9 Å². The third-order valence-electron chi connectivity index (χ3n) is 5.21. The minimum atomic E-state index is -0.180. The lowest BCUT2D eigenvalue weighted by Gasteiger charge is -2.34. The van der Waals surface area contributed by atoms with Crippen molar-refractivity contribution in [2.45, 2.75) is 37.6 Å². The smallest absolute Gasteiger partial charge is 0.148 e. The van der Waals surface area contributed by atoms with Gasteiger partial charge in [-0.25, -0.2) is 4.39 Å². The van der Waals surface area contributed by atoms with Crippen LogP contribution >= 0.6 is 0 Å². The van der Waals surface area contributed by atoms with Gasteiger partial charge in [0.15, 0.2) is 0 Å². The molecule has 2 aliphatic heterocycles. The summed E-state index contributed by atoms with van der Waals surface area (Å²) in [6.45, 7) is 3.49. The van der Waals surface area contributed by atoms with E-state index in [9.17, 15) is 4.39 Å². The van der Waals surface area contributed by atoms with E-state index in [4.69, 9.17) is 4.74 Å². The van der Waals surface area contributed by atoms with Crippen LogP contribution in [0.25, 0.3) is 0 Å². The van der Waals surface area contributed by atoms with Crippen molar-refractivity contribution in [1.82, 2.24) is 10.2 Å². The van der Waals surface area contributed by atoms with Gasteiger partial charge in [-0.3, -0.25) is 5.10 Å². The largest absolute Gasteiger partial charge is 0.381 e. The van der Waals surface area contributed by atoms with Crippen molar-refractivity contribution in [2.75, 3.05) is 36.5 Å². The Balaban J connectivity index is 1.38. The van der Waals surface area contributed by atoms with Gasteiger partial charge in [-0.2, -0.15) is 5.10 Å². The van der Waals surface area contributed by atoms with E-state index in [2.05, 4.69) is 26.5 Å². The number of nitrogens with one attached hydrogen (secondary N) is 2. The van der Waals surface area contributed by atoms with Crippen LogP contribution in [0.15, 0.2) is 30.3 Å². The van der Waals surface area contributed by atoms with Crippen molar-refractivity contribution in [1.29, 1.82) is 0 Å². The fourth-order valence-electron chi connectivity index (χ4n) is 3.84. The number of nitrogens with zero attached hydrogens (tertiary/aromatic N) is 2. The SMILES string of the molecule is Fc1cccc(N2CCC[C@@H](Nc3cc(C4CCOCC4)[nH]n3)C2)c1. The van der Waals surface area contributed by atoms with Crippen LogP contribution in [0.5, 0.6) is 0 Å². The highest BCUT2D eigenvalue weighted by atomic mass is 19.1. The minimum Gasteiger partial charge on any atom is -0.381 e. The Morgan fingerprint density at radius 3 is 2.92 bits per heavy atom. The van der Waals surface area contributed by atoms with Gasteiger partial charge >= 0.3 is 0 Å². The van der Waals surface area contributed by atoms with Crippen LogP contribution in [0.1, 0.15) is 37.3 Å². The summed E-state index contributed by atoms with van der Waals surface area (Å²) in [5.74, 6) is 1.25. The quantitative estimate of drug-likeness (QED) is 0.891. The summed E-state index contributed by atoms with van der Waals surface area (Å²) in [4.78, 5) is 2.25. The van der Waals surface area contributed by atoms with Gasteiger partial charge in [0.25, 0.3) is 0 Å². The van der Waals surface area contributed by atoms with Gasteiger partial charge in [0, 0.05) is 55.7 Å². The first-order valence-corrected chi connectivity index (χ1v) is 9.18. The van der Waals surface area contributed by atoms with E-state index in [0.29, 0.717) is 12.0 Å². The molecule has 1 aromatic heterocycles. The second-order valence-corrected chi connectivity index (χ2v) is 7.00. The van der Waals surface area contributed by atoms with Crippen LogP contribution in [-0.4, -0.2) is 42.5 Å². The molecule has 0 bridgehead atoms. The molecule has 1 atom stereocenters. The molecule has 2 N–H and O–H groups in total. The molecule has 134 valence electrons. The normalized spacial score (nSPS) is 22.1. The van der Waals surface area contributed by atoms with Crippen molar-refractivity contribution in [3.05, 3.63) is 41.8 Å². The number of hydrogen-bond acceptors (Lipinski definition) is 4. The first kappa shape index (κ1) is 16.4. The molecule has 0 spiro atoms. The molecule has 1 aromatic carbocycles. The Kier molecular flexibility index (Phi) is 4.88. The first-order valence-electron chi connectivity index (χ1n) is 9.18. The number of anilines is 2. The average molecular weight is 344 g/mol. The Hall–Kier alpha value is -2.08. The highest BCUT2D eigenvalue weighted by molar-refractivity contribution is 5.48. The molecule has 2 aliphatic rings. The highest BCUT2D eigenvalue weighted by Crippen LogP contribution is 2.27. The number of rotatable bonds is 4. The third-order valence-corrected chi connectivity index (χ3v) is 5.21. The van der Waals surface area contributed by atoms with Gasteiger partial charge in [-0.1, -0.05) is 6.07 Å². The van der Waals surface area contributed by atoms with E-state index >= 15 is 0 Å². The number of aromatic amines is 1. The number of aromatic nitrogens is 2. The van der Waals surface area contributed by atoms with Crippen LogP contribution in [-0.2, 0) is 4.74 Å². The molecule has 0 unspecified atom stereocenters. The molecule has 0 saturated carbocycles. The lowest BCUT2D eigenvalue weighted by molar-refractivity contribution is 0.0845. The van der Waals surface area contributed by atoms with Crippen molar-refractivity contribution < 1.29 is 9.13 Å². The summed E-state index contributed by atoms with van der Waals surface area (Å²) in [5.41, 5.74) is 2.15. The average Bonchev–Trinajstić information content (AvgIpc) is 3.11. The topological polar surface area (TPSA) is 53.2 Å². The van der Waals surface area contributed by atoms with Gasteiger partial charge in [0.1, 0.15) is 11.6 Å². The molecule has 4 rings (SSSR count).